The zero-order valence-electron chi connectivity index (χ0n) is 15.6. The van der Waals surface area contributed by atoms with Crippen molar-refractivity contribution in [3.8, 4) is 0 Å². The number of fused-ring (bicyclic) bond motifs is 1. The molecular weight excluding hydrogens is 446 g/mol. The summed E-state index contributed by atoms with van der Waals surface area (Å²) in [5.74, 6) is -0.810. The lowest BCUT2D eigenvalue weighted by molar-refractivity contribution is 0.0948. The Kier molecular flexibility index (Phi) is 5.72. The van der Waals surface area contributed by atoms with Crippen molar-refractivity contribution in [2.75, 3.05) is 5.32 Å². The predicted octanol–water partition coefficient (Wildman–Crippen LogP) is 4.69. The van der Waals surface area contributed by atoms with Crippen LogP contribution in [0.2, 0.25) is 0 Å². The van der Waals surface area contributed by atoms with E-state index in [1.54, 1.807) is 48.5 Å². The number of hydrogen-bond donors (Lipinski definition) is 2. The van der Waals surface area contributed by atoms with Crippen LogP contribution in [0.15, 0.2) is 98.9 Å². The standard InChI is InChI=1S/C23H16BrN3O3/c24-17-11-12-20-16(13-17)14-19(22(29)25-18-9-5-2-6-10-18)23(30-20)27-26-21(28)15-7-3-1-4-8-15/h1-14H,(H,25,29)(H,26,28)/b27-23-. The van der Waals surface area contributed by atoms with Crippen molar-refractivity contribution in [2.24, 2.45) is 5.10 Å². The molecule has 30 heavy (non-hydrogen) atoms. The molecule has 2 amide bonds. The fraction of sp³-hybridized carbons (Fsp3) is 0. The van der Waals surface area contributed by atoms with E-state index in [1.807, 2.05) is 36.4 Å². The molecule has 0 spiro atoms. The Bertz CT molecular complexity index is 1290. The van der Waals surface area contributed by atoms with Crippen molar-refractivity contribution in [1.29, 1.82) is 0 Å². The van der Waals surface area contributed by atoms with E-state index >= 15 is 0 Å². The number of nitrogens with zero attached hydrogens (tertiary/aromatic N) is 1. The van der Waals surface area contributed by atoms with E-state index in [1.165, 1.54) is 0 Å². The van der Waals surface area contributed by atoms with Crippen LogP contribution in [0.4, 0.5) is 5.69 Å². The van der Waals surface area contributed by atoms with Crippen LogP contribution >= 0.6 is 15.9 Å². The summed E-state index contributed by atoms with van der Waals surface area (Å²) in [6.45, 7) is 0. The summed E-state index contributed by atoms with van der Waals surface area (Å²) in [4.78, 5) is 25.3. The molecule has 0 saturated carbocycles. The Morgan fingerprint density at radius 2 is 1.53 bits per heavy atom. The summed E-state index contributed by atoms with van der Waals surface area (Å²) in [6.07, 6.45) is 0. The lowest BCUT2D eigenvalue weighted by Crippen LogP contribution is -2.26. The van der Waals surface area contributed by atoms with E-state index in [2.05, 4.69) is 31.8 Å². The van der Waals surface area contributed by atoms with Gasteiger partial charge in [-0.3, -0.25) is 9.59 Å². The molecule has 2 N–H and O–H groups in total. The largest absolute Gasteiger partial charge is 0.436 e. The Morgan fingerprint density at radius 1 is 0.833 bits per heavy atom. The van der Waals surface area contributed by atoms with Crippen molar-refractivity contribution in [3.05, 3.63) is 106 Å². The van der Waals surface area contributed by atoms with Gasteiger partial charge in [0.1, 0.15) is 11.1 Å². The number of rotatable bonds is 4. The van der Waals surface area contributed by atoms with Gasteiger partial charge in [0.25, 0.3) is 11.8 Å². The minimum atomic E-state index is -0.406. The van der Waals surface area contributed by atoms with Crippen LogP contribution in [0.25, 0.3) is 11.0 Å². The molecule has 0 fully saturated rings. The molecule has 0 bridgehead atoms. The number of nitrogens with one attached hydrogen (secondary N) is 2. The van der Waals surface area contributed by atoms with Crippen molar-refractivity contribution in [3.63, 3.8) is 0 Å². The second kappa shape index (κ2) is 8.75. The number of amides is 2. The number of carbonyl (C=O) groups excluding carboxylic acids is 2. The van der Waals surface area contributed by atoms with Gasteiger partial charge >= 0.3 is 0 Å². The smallest absolute Gasteiger partial charge is 0.271 e. The summed E-state index contributed by atoms with van der Waals surface area (Å²) in [5, 5.41) is 7.61. The highest BCUT2D eigenvalue weighted by atomic mass is 79.9. The van der Waals surface area contributed by atoms with Crippen molar-refractivity contribution >= 4 is 44.4 Å². The van der Waals surface area contributed by atoms with Crippen molar-refractivity contribution < 1.29 is 14.0 Å². The molecule has 1 heterocycles. The zero-order chi connectivity index (χ0) is 20.9. The molecule has 4 rings (SSSR count). The highest BCUT2D eigenvalue weighted by Gasteiger charge is 2.14. The highest BCUT2D eigenvalue weighted by molar-refractivity contribution is 9.10. The molecule has 6 nitrogen and oxygen atoms in total. The normalized spacial score (nSPS) is 11.3. The number of para-hydroxylation sites is 1. The van der Waals surface area contributed by atoms with Gasteiger partial charge in [-0.2, -0.15) is 0 Å². The average molecular weight is 462 g/mol. The van der Waals surface area contributed by atoms with Gasteiger partial charge in [0.15, 0.2) is 0 Å². The number of anilines is 1. The monoisotopic (exact) mass is 461 g/mol. The topological polar surface area (TPSA) is 83.7 Å². The van der Waals surface area contributed by atoms with Crippen molar-refractivity contribution in [1.82, 2.24) is 5.43 Å². The van der Waals surface area contributed by atoms with Gasteiger partial charge in [0.2, 0.25) is 5.55 Å². The van der Waals surface area contributed by atoms with E-state index in [-0.39, 0.29) is 11.1 Å². The molecular formula is C23H16BrN3O3. The Balaban J connectivity index is 1.74. The minimum Gasteiger partial charge on any atom is -0.436 e. The first kappa shape index (κ1) is 19.6. The lowest BCUT2D eigenvalue weighted by atomic mass is 10.1. The van der Waals surface area contributed by atoms with Gasteiger partial charge in [-0.15, -0.1) is 5.10 Å². The van der Waals surface area contributed by atoms with E-state index in [9.17, 15) is 9.59 Å². The minimum absolute atomic E-state index is 0.00235. The fourth-order valence-electron chi connectivity index (χ4n) is 2.82. The summed E-state index contributed by atoms with van der Waals surface area (Å²) < 4.78 is 6.68. The molecule has 0 aliphatic heterocycles. The Labute approximate surface area is 180 Å². The maximum atomic E-state index is 12.9. The molecule has 3 aromatic carbocycles. The molecule has 4 aromatic rings. The molecule has 1 aromatic heterocycles. The zero-order valence-corrected chi connectivity index (χ0v) is 17.2. The number of halogens is 1. The predicted molar refractivity (Wildman–Crippen MR) is 118 cm³/mol. The summed E-state index contributed by atoms with van der Waals surface area (Å²) in [7, 11) is 0. The molecule has 0 saturated heterocycles. The third-order valence-corrected chi connectivity index (χ3v) is 4.77. The third-order valence-electron chi connectivity index (χ3n) is 4.28. The molecule has 148 valence electrons. The maximum Gasteiger partial charge on any atom is 0.271 e. The first-order valence-corrected chi connectivity index (χ1v) is 9.88. The molecule has 0 unspecified atom stereocenters. The van der Waals surface area contributed by atoms with Gasteiger partial charge in [-0.05, 0) is 48.5 Å². The Hall–Kier alpha value is -3.71. The van der Waals surface area contributed by atoms with Crippen LogP contribution in [0.3, 0.4) is 0 Å². The second-order valence-electron chi connectivity index (χ2n) is 6.39. The second-order valence-corrected chi connectivity index (χ2v) is 7.30. The maximum absolute atomic E-state index is 12.9. The van der Waals surface area contributed by atoms with E-state index in [4.69, 9.17) is 4.42 Å². The summed E-state index contributed by atoms with van der Waals surface area (Å²) in [6, 6.07) is 24.8. The fourth-order valence-corrected chi connectivity index (χ4v) is 3.20. The van der Waals surface area contributed by atoms with Crippen LogP contribution in [-0.2, 0) is 0 Å². The van der Waals surface area contributed by atoms with Gasteiger partial charge in [-0.25, -0.2) is 5.43 Å². The SMILES string of the molecule is O=C(N/N=c1\oc2ccc(Br)cc2cc1C(=O)Nc1ccccc1)c1ccccc1. The molecule has 0 radical (unpaired) electrons. The third kappa shape index (κ3) is 4.47. The van der Waals surface area contributed by atoms with Gasteiger partial charge in [-0.1, -0.05) is 52.3 Å². The first-order valence-electron chi connectivity index (χ1n) is 9.09. The van der Waals surface area contributed by atoms with Crippen LogP contribution in [-0.4, -0.2) is 11.8 Å². The number of carbonyl (C=O) groups is 2. The Morgan fingerprint density at radius 3 is 2.27 bits per heavy atom. The van der Waals surface area contributed by atoms with Gasteiger partial charge < -0.3 is 9.73 Å². The number of hydrogen-bond acceptors (Lipinski definition) is 4. The average Bonchev–Trinajstić information content (AvgIpc) is 2.78. The van der Waals surface area contributed by atoms with E-state index in [0.717, 1.165) is 9.86 Å². The summed E-state index contributed by atoms with van der Waals surface area (Å²) in [5.41, 5.74) is 4.26. The van der Waals surface area contributed by atoms with Crippen LogP contribution in [0.5, 0.6) is 0 Å². The van der Waals surface area contributed by atoms with Crippen LogP contribution < -0.4 is 16.3 Å². The lowest BCUT2D eigenvalue weighted by Gasteiger charge is -2.07. The molecule has 0 atom stereocenters. The number of benzene rings is 3. The molecule has 7 heteroatoms. The van der Waals surface area contributed by atoms with E-state index in [0.29, 0.717) is 16.8 Å². The van der Waals surface area contributed by atoms with Gasteiger partial charge in [0, 0.05) is 21.1 Å². The first-order chi connectivity index (χ1) is 14.6. The van der Waals surface area contributed by atoms with Crippen molar-refractivity contribution in [2.45, 2.75) is 0 Å². The van der Waals surface area contributed by atoms with E-state index < -0.39 is 11.8 Å². The highest BCUT2D eigenvalue weighted by Crippen LogP contribution is 2.20. The summed E-state index contributed by atoms with van der Waals surface area (Å²) >= 11 is 3.42. The van der Waals surface area contributed by atoms with Crippen LogP contribution in [0, 0.1) is 0 Å². The molecule has 0 aliphatic rings. The van der Waals surface area contributed by atoms with Crippen LogP contribution in [0.1, 0.15) is 20.7 Å². The molecule has 0 aliphatic carbocycles. The quantitative estimate of drug-likeness (QED) is 0.432. The van der Waals surface area contributed by atoms with Gasteiger partial charge in [0.05, 0.1) is 0 Å².